The van der Waals surface area contributed by atoms with Crippen molar-refractivity contribution in [2.24, 2.45) is 0 Å². The van der Waals surface area contributed by atoms with Crippen molar-refractivity contribution in [3.05, 3.63) is 66.0 Å². The van der Waals surface area contributed by atoms with Crippen LogP contribution in [-0.4, -0.2) is 24.5 Å². The van der Waals surface area contributed by atoms with Gasteiger partial charge in [-0.1, -0.05) is 18.2 Å². The normalized spacial score (nSPS) is 11.7. The Bertz CT molecular complexity index is 806. The summed E-state index contributed by atoms with van der Waals surface area (Å²) >= 11 is 0. The number of hydrogen-bond donors (Lipinski definition) is 2. The number of nitrogens with one attached hydrogen (secondary N) is 2. The van der Waals surface area contributed by atoms with Crippen molar-refractivity contribution in [3.63, 3.8) is 0 Å². The van der Waals surface area contributed by atoms with E-state index < -0.39 is 23.7 Å². The Labute approximate surface area is 157 Å². The minimum absolute atomic E-state index is 0.270. The predicted octanol–water partition coefficient (Wildman–Crippen LogP) is 2.85. The van der Waals surface area contributed by atoms with Crippen molar-refractivity contribution in [2.75, 3.05) is 6.61 Å². The number of ether oxygens (including phenoxy) is 2. The molecule has 2 aromatic carbocycles. The average molecular weight is 372 g/mol. The molecule has 6 nitrogen and oxygen atoms in total. The van der Waals surface area contributed by atoms with Gasteiger partial charge in [0, 0.05) is 11.6 Å². The van der Waals surface area contributed by atoms with Crippen LogP contribution in [0.5, 0.6) is 11.5 Å². The van der Waals surface area contributed by atoms with Gasteiger partial charge in [0.15, 0.2) is 6.10 Å². The highest BCUT2D eigenvalue weighted by atomic mass is 19.1. The van der Waals surface area contributed by atoms with Crippen molar-refractivity contribution in [2.45, 2.75) is 20.0 Å². The molecule has 0 aliphatic heterocycles. The minimum Gasteiger partial charge on any atom is -0.494 e. The van der Waals surface area contributed by atoms with Crippen LogP contribution in [-0.2, 0) is 9.59 Å². The van der Waals surface area contributed by atoms with E-state index in [1.807, 2.05) is 6.92 Å². The number of carbonyl (C=O) groups excluding carboxylic acids is 2. The second kappa shape index (κ2) is 9.96. The van der Waals surface area contributed by atoms with Crippen molar-refractivity contribution < 1.29 is 23.5 Å². The molecule has 7 heteroatoms. The van der Waals surface area contributed by atoms with Crippen LogP contribution in [0.15, 0.2) is 54.6 Å². The smallest absolute Gasteiger partial charge is 0.279 e. The summed E-state index contributed by atoms with van der Waals surface area (Å²) in [6.07, 6.45) is 1.60. The number of halogens is 1. The highest BCUT2D eigenvalue weighted by Gasteiger charge is 2.15. The van der Waals surface area contributed by atoms with Gasteiger partial charge in [0.2, 0.25) is 0 Å². The molecule has 0 bridgehead atoms. The van der Waals surface area contributed by atoms with Crippen LogP contribution in [0.2, 0.25) is 0 Å². The van der Waals surface area contributed by atoms with Crippen molar-refractivity contribution in [3.8, 4) is 11.5 Å². The van der Waals surface area contributed by atoms with Crippen LogP contribution in [0.4, 0.5) is 4.39 Å². The number of hydrogen-bond acceptors (Lipinski definition) is 4. The summed E-state index contributed by atoms with van der Waals surface area (Å²) in [5, 5.41) is 0. The van der Waals surface area contributed by atoms with E-state index in [0.717, 1.165) is 6.08 Å². The number of amides is 2. The largest absolute Gasteiger partial charge is 0.494 e. The van der Waals surface area contributed by atoms with Crippen LogP contribution in [0.1, 0.15) is 19.4 Å². The number of rotatable bonds is 7. The molecule has 142 valence electrons. The van der Waals surface area contributed by atoms with Crippen LogP contribution in [0.3, 0.4) is 0 Å². The molecule has 0 heterocycles. The van der Waals surface area contributed by atoms with Gasteiger partial charge in [-0.25, -0.2) is 4.39 Å². The summed E-state index contributed by atoms with van der Waals surface area (Å²) in [6.45, 7) is 3.99. The summed E-state index contributed by atoms with van der Waals surface area (Å²) in [5.41, 5.74) is 4.74. The van der Waals surface area contributed by atoms with Gasteiger partial charge in [0.25, 0.3) is 11.8 Å². The Hall–Kier alpha value is -3.35. The molecule has 2 rings (SSSR count). The summed E-state index contributed by atoms with van der Waals surface area (Å²) in [7, 11) is 0. The molecule has 0 aromatic heterocycles. The molecule has 0 aliphatic rings. The average Bonchev–Trinajstić information content (AvgIpc) is 2.67. The maximum absolute atomic E-state index is 13.5. The molecule has 27 heavy (non-hydrogen) atoms. The van der Waals surface area contributed by atoms with Gasteiger partial charge in [-0.3, -0.25) is 20.4 Å². The van der Waals surface area contributed by atoms with Crippen molar-refractivity contribution >= 4 is 17.9 Å². The summed E-state index contributed by atoms with van der Waals surface area (Å²) in [5.74, 6) is -0.373. The van der Waals surface area contributed by atoms with Gasteiger partial charge in [-0.2, -0.15) is 0 Å². The summed E-state index contributed by atoms with van der Waals surface area (Å²) in [6, 6.07) is 12.9. The zero-order chi connectivity index (χ0) is 19.6. The minimum atomic E-state index is -0.834. The summed E-state index contributed by atoms with van der Waals surface area (Å²) in [4.78, 5) is 23.7. The molecule has 0 unspecified atom stereocenters. The van der Waals surface area contributed by atoms with E-state index >= 15 is 0 Å². The van der Waals surface area contributed by atoms with Crippen LogP contribution in [0.25, 0.3) is 6.08 Å². The lowest BCUT2D eigenvalue weighted by Crippen LogP contribution is -2.46. The number of hydrazine groups is 1. The first-order valence-corrected chi connectivity index (χ1v) is 8.41. The van der Waals surface area contributed by atoms with E-state index in [9.17, 15) is 14.0 Å². The zero-order valence-electron chi connectivity index (χ0n) is 15.1. The lowest BCUT2D eigenvalue weighted by atomic mass is 10.2. The van der Waals surface area contributed by atoms with E-state index in [2.05, 4.69) is 10.9 Å². The summed E-state index contributed by atoms with van der Waals surface area (Å²) < 4.78 is 24.3. The Morgan fingerprint density at radius 1 is 1.07 bits per heavy atom. The fourth-order valence-electron chi connectivity index (χ4n) is 2.08. The molecule has 1 atom stereocenters. The van der Waals surface area contributed by atoms with E-state index in [0.29, 0.717) is 18.1 Å². The first kappa shape index (κ1) is 20.0. The van der Waals surface area contributed by atoms with Gasteiger partial charge in [-0.15, -0.1) is 0 Å². The van der Waals surface area contributed by atoms with Crippen molar-refractivity contribution in [1.82, 2.24) is 10.9 Å². The lowest BCUT2D eigenvalue weighted by molar-refractivity contribution is -0.131. The molecule has 2 N–H and O–H groups in total. The van der Waals surface area contributed by atoms with Gasteiger partial charge in [-0.05, 0) is 50.3 Å². The Kier molecular flexibility index (Phi) is 7.37. The van der Waals surface area contributed by atoms with E-state index in [1.54, 1.807) is 43.3 Å². The molecule has 0 aliphatic carbocycles. The zero-order valence-corrected chi connectivity index (χ0v) is 15.1. The van der Waals surface area contributed by atoms with Gasteiger partial charge in [0.1, 0.15) is 17.3 Å². The predicted molar refractivity (Wildman–Crippen MR) is 99.4 cm³/mol. The third-order valence-corrected chi connectivity index (χ3v) is 3.45. The third-order valence-electron chi connectivity index (χ3n) is 3.45. The van der Waals surface area contributed by atoms with Crippen molar-refractivity contribution in [1.29, 1.82) is 0 Å². The SMILES string of the molecule is CCOc1ccc(O[C@@H](C)C(=O)NNC(=O)/C=C/c2ccccc2F)cc1. The molecular weight excluding hydrogens is 351 g/mol. The molecule has 0 spiro atoms. The molecule has 0 saturated heterocycles. The molecule has 2 aromatic rings. The molecular formula is C20H21FN2O4. The third kappa shape index (κ3) is 6.47. The van der Waals surface area contributed by atoms with Gasteiger partial charge < -0.3 is 9.47 Å². The first-order valence-electron chi connectivity index (χ1n) is 8.41. The number of benzene rings is 2. The van der Waals surface area contributed by atoms with E-state index in [1.165, 1.54) is 18.2 Å². The topological polar surface area (TPSA) is 76.7 Å². The molecule has 0 radical (unpaired) electrons. The molecule has 0 fully saturated rings. The Morgan fingerprint density at radius 2 is 1.74 bits per heavy atom. The highest BCUT2D eigenvalue weighted by Crippen LogP contribution is 2.18. The van der Waals surface area contributed by atoms with Gasteiger partial charge >= 0.3 is 0 Å². The maximum Gasteiger partial charge on any atom is 0.279 e. The van der Waals surface area contributed by atoms with Gasteiger partial charge in [0.05, 0.1) is 6.61 Å². The first-order chi connectivity index (χ1) is 13.0. The van der Waals surface area contributed by atoms with E-state index in [-0.39, 0.29) is 5.56 Å². The quantitative estimate of drug-likeness (QED) is 0.579. The lowest BCUT2D eigenvalue weighted by Gasteiger charge is -2.15. The highest BCUT2D eigenvalue weighted by molar-refractivity contribution is 5.93. The fourth-order valence-corrected chi connectivity index (χ4v) is 2.08. The van der Waals surface area contributed by atoms with E-state index in [4.69, 9.17) is 9.47 Å². The second-order valence-electron chi connectivity index (χ2n) is 5.50. The number of carbonyl (C=O) groups is 2. The molecule has 0 saturated carbocycles. The van der Waals surface area contributed by atoms with Crippen LogP contribution >= 0.6 is 0 Å². The van der Waals surface area contributed by atoms with Crippen LogP contribution in [0, 0.1) is 5.82 Å². The monoisotopic (exact) mass is 372 g/mol. The Balaban J connectivity index is 1.80. The standard InChI is InChI=1S/C20H21FN2O4/c1-3-26-16-9-11-17(12-10-16)27-14(2)20(25)23-22-19(24)13-8-15-6-4-5-7-18(15)21/h4-14H,3H2,1-2H3,(H,22,24)(H,23,25)/b13-8+/t14-/m0/s1. The second-order valence-corrected chi connectivity index (χ2v) is 5.50. The van der Waals surface area contributed by atoms with Crippen LogP contribution < -0.4 is 20.3 Å². The Morgan fingerprint density at radius 3 is 2.41 bits per heavy atom. The molecule has 2 amide bonds. The fraction of sp³-hybridized carbons (Fsp3) is 0.200. The maximum atomic E-state index is 13.5.